The first kappa shape index (κ1) is 28.3. The van der Waals surface area contributed by atoms with Crippen molar-refractivity contribution in [2.24, 2.45) is 0 Å². The van der Waals surface area contributed by atoms with E-state index in [4.69, 9.17) is 16.3 Å². The lowest BCUT2D eigenvalue weighted by molar-refractivity contribution is -0.119. The molecule has 10 heteroatoms. The minimum absolute atomic E-state index is 0.0326. The van der Waals surface area contributed by atoms with Crippen molar-refractivity contribution in [1.29, 1.82) is 0 Å². The van der Waals surface area contributed by atoms with Gasteiger partial charge in [-0.2, -0.15) is 0 Å². The number of nitrogens with one attached hydrogen (secondary N) is 1. The van der Waals surface area contributed by atoms with Crippen molar-refractivity contribution < 1.29 is 29.3 Å². The average molecular weight is 532 g/mol. The summed E-state index contributed by atoms with van der Waals surface area (Å²) in [7, 11) is 0. The number of anilines is 1. The molecule has 1 heterocycles. The number of carbonyl (C=O) groups is 3. The van der Waals surface area contributed by atoms with Crippen LogP contribution in [0, 0.1) is 0 Å². The van der Waals surface area contributed by atoms with Crippen molar-refractivity contribution in [2.75, 3.05) is 25.0 Å². The normalized spacial score (nSPS) is 16.2. The van der Waals surface area contributed by atoms with Gasteiger partial charge in [-0.15, -0.1) is 0 Å². The molecule has 1 fully saturated rings. The summed E-state index contributed by atoms with van der Waals surface area (Å²) in [6.45, 7) is 6.03. The van der Waals surface area contributed by atoms with Crippen LogP contribution in [-0.2, 0) is 16.0 Å². The van der Waals surface area contributed by atoms with Gasteiger partial charge in [0.25, 0.3) is 0 Å². The van der Waals surface area contributed by atoms with E-state index in [1.807, 2.05) is 12.1 Å². The van der Waals surface area contributed by atoms with Crippen LogP contribution in [0.25, 0.3) is 0 Å². The van der Waals surface area contributed by atoms with Crippen molar-refractivity contribution in [3.8, 4) is 0 Å². The second-order valence-electron chi connectivity index (χ2n) is 10.1. The maximum absolute atomic E-state index is 12.9. The third-order valence-corrected chi connectivity index (χ3v) is 6.21. The summed E-state index contributed by atoms with van der Waals surface area (Å²) in [5.74, 6) is -0.348. The van der Waals surface area contributed by atoms with Crippen LogP contribution in [0.2, 0.25) is 5.02 Å². The number of carboxylic acid groups (broad SMARTS) is 1. The summed E-state index contributed by atoms with van der Waals surface area (Å²) in [5, 5.41) is 23.3. The number of nitrogens with zero attached hydrogens (tertiary/aromatic N) is 2. The fraction of sp³-hybridized carbons (Fsp3) is 0.444. The van der Waals surface area contributed by atoms with E-state index in [0.29, 0.717) is 48.6 Å². The molecule has 0 radical (unpaired) electrons. The Bertz CT molecular complexity index is 1100. The third-order valence-electron chi connectivity index (χ3n) is 5.97. The van der Waals surface area contributed by atoms with Crippen LogP contribution < -0.4 is 5.32 Å². The van der Waals surface area contributed by atoms with E-state index in [1.54, 1.807) is 57.2 Å². The first-order chi connectivity index (χ1) is 17.4. The summed E-state index contributed by atoms with van der Waals surface area (Å²) >= 11 is 6.05. The highest BCUT2D eigenvalue weighted by molar-refractivity contribution is 6.30. The molecular weight excluding hydrogens is 498 g/mol. The second kappa shape index (κ2) is 12.3. The average Bonchev–Trinajstić information content (AvgIpc) is 3.32. The number of benzene rings is 2. The number of ether oxygens (including phenoxy) is 1. The van der Waals surface area contributed by atoms with E-state index in [9.17, 15) is 24.6 Å². The van der Waals surface area contributed by atoms with E-state index in [0.717, 1.165) is 10.5 Å². The Kier molecular flexibility index (Phi) is 9.39. The van der Waals surface area contributed by atoms with Crippen LogP contribution in [0.4, 0.5) is 15.3 Å². The highest BCUT2D eigenvalue weighted by Crippen LogP contribution is 2.22. The molecule has 3 rings (SSSR count). The zero-order valence-corrected chi connectivity index (χ0v) is 22.1. The van der Waals surface area contributed by atoms with Crippen LogP contribution in [0.1, 0.15) is 50.8 Å². The highest BCUT2D eigenvalue weighted by atomic mass is 35.5. The minimum atomic E-state index is -1.09. The molecule has 1 aliphatic heterocycles. The van der Waals surface area contributed by atoms with Gasteiger partial charge in [0.2, 0.25) is 5.91 Å². The SMILES string of the molecule is CC(C)(C)OC(=O)N(CCc1ccc(NC(=O)C2CCCN2C(=O)O)cc1)CC(O)c1cccc(Cl)c1. The van der Waals surface area contributed by atoms with Gasteiger partial charge in [-0.1, -0.05) is 35.9 Å². The number of hydrogen-bond acceptors (Lipinski definition) is 5. The van der Waals surface area contributed by atoms with Gasteiger partial charge < -0.3 is 25.2 Å². The van der Waals surface area contributed by atoms with Gasteiger partial charge in [0, 0.05) is 23.8 Å². The molecule has 0 bridgehead atoms. The topological polar surface area (TPSA) is 119 Å². The number of likely N-dealkylation sites (tertiary alicyclic amines) is 1. The molecule has 1 saturated heterocycles. The maximum atomic E-state index is 12.9. The Morgan fingerprint density at radius 2 is 1.89 bits per heavy atom. The third kappa shape index (κ3) is 8.36. The summed E-state index contributed by atoms with van der Waals surface area (Å²) in [4.78, 5) is 39.4. The molecule has 2 aromatic carbocycles. The van der Waals surface area contributed by atoms with Gasteiger partial charge in [-0.3, -0.25) is 9.69 Å². The molecule has 0 aliphatic carbocycles. The summed E-state index contributed by atoms with van der Waals surface area (Å²) in [6, 6.07) is 13.3. The standard InChI is InChI=1S/C27H34ClN3O6/c1-27(2,3)37-26(36)30(17-23(32)19-6-4-7-20(28)16-19)15-13-18-9-11-21(12-10-18)29-24(33)22-8-5-14-31(22)25(34)35/h4,6-7,9-12,16,22-23,32H,5,8,13-15,17H2,1-3H3,(H,29,33)(H,34,35). The Morgan fingerprint density at radius 1 is 1.19 bits per heavy atom. The van der Waals surface area contributed by atoms with Gasteiger partial charge in [0.15, 0.2) is 0 Å². The van der Waals surface area contributed by atoms with E-state index in [-0.39, 0.29) is 12.5 Å². The Hall–Kier alpha value is -3.30. The van der Waals surface area contributed by atoms with Gasteiger partial charge in [0.1, 0.15) is 11.6 Å². The fourth-order valence-electron chi connectivity index (χ4n) is 4.12. The van der Waals surface area contributed by atoms with Crippen molar-refractivity contribution in [3.63, 3.8) is 0 Å². The largest absolute Gasteiger partial charge is 0.465 e. The fourth-order valence-corrected chi connectivity index (χ4v) is 4.32. The summed E-state index contributed by atoms with van der Waals surface area (Å²) in [5.41, 5.74) is 1.39. The van der Waals surface area contributed by atoms with E-state index in [2.05, 4.69) is 5.32 Å². The van der Waals surface area contributed by atoms with E-state index in [1.165, 1.54) is 4.90 Å². The lowest BCUT2D eigenvalue weighted by Crippen LogP contribution is -2.42. The van der Waals surface area contributed by atoms with Crippen LogP contribution in [0.3, 0.4) is 0 Å². The first-order valence-electron chi connectivity index (χ1n) is 12.2. The molecule has 200 valence electrons. The number of aliphatic hydroxyl groups excluding tert-OH is 1. The smallest absolute Gasteiger partial charge is 0.410 e. The quantitative estimate of drug-likeness (QED) is 0.444. The van der Waals surface area contributed by atoms with Crippen molar-refractivity contribution in [3.05, 3.63) is 64.7 Å². The molecule has 37 heavy (non-hydrogen) atoms. The number of rotatable bonds is 8. The number of amides is 3. The second-order valence-corrected chi connectivity index (χ2v) is 10.5. The molecule has 3 N–H and O–H groups in total. The molecule has 2 unspecified atom stereocenters. The maximum Gasteiger partial charge on any atom is 0.410 e. The molecule has 1 aliphatic rings. The van der Waals surface area contributed by atoms with Crippen molar-refractivity contribution in [2.45, 2.75) is 57.8 Å². The molecular formula is C27H34ClN3O6. The van der Waals surface area contributed by atoms with Gasteiger partial charge in [-0.05, 0) is 75.4 Å². The van der Waals surface area contributed by atoms with Gasteiger partial charge >= 0.3 is 12.2 Å². The molecule has 0 saturated carbocycles. The van der Waals surface area contributed by atoms with Crippen molar-refractivity contribution >= 4 is 35.4 Å². The van der Waals surface area contributed by atoms with E-state index < -0.39 is 29.9 Å². The highest BCUT2D eigenvalue weighted by Gasteiger charge is 2.34. The van der Waals surface area contributed by atoms with Crippen LogP contribution in [0.5, 0.6) is 0 Å². The summed E-state index contributed by atoms with van der Waals surface area (Å²) in [6.07, 6.45) is -0.920. The number of aliphatic hydroxyl groups is 1. The molecule has 0 spiro atoms. The first-order valence-corrected chi connectivity index (χ1v) is 12.6. The number of halogens is 1. The zero-order chi connectivity index (χ0) is 27.2. The Morgan fingerprint density at radius 3 is 2.51 bits per heavy atom. The number of hydrogen-bond donors (Lipinski definition) is 3. The monoisotopic (exact) mass is 531 g/mol. The van der Waals surface area contributed by atoms with Gasteiger partial charge in [-0.25, -0.2) is 9.59 Å². The van der Waals surface area contributed by atoms with Gasteiger partial charge in [0.05, 0.1) is 12.6 Å². The van der Waals surface area contributed by atoms with Crippen LogP contribution >= 0.6 is 11.6 Å². The lowest BCUT2D eigenvalue weighted by Gasteiger charge is -2.29. The predicted octanol–water partition coefficient (Wildman–Crippen LogP) is 4.93. The Labute approximate surface area is 222 Å². The number of carbonyl (C=O) groups excluding carboxylic acids is 2. The van der Waals surface area contributed by atoms with E-state index >= 15 is 0 Å². The predicted molar refractivity (Wildman–Crippen MR) is 141 cm³/mol. The molecule has 0 aromatic heterocycles. The van der Waals surface area contributed by atoms with Crippen LogP contribution in [-0.4, -0.2) is 69.4 Å². The lowest BCUT2D eigenvalue weighted by atomic mass is 10.1. The zero-order valence-electron chi connectivity index (χ0n) is 21.3. The molecule has 9 nitrogen and oxygen atoms in total. The Balaban J connectivity index is 1.63. The molecule has 2 aromatic rings. The van der Waals surface area contributed by atoms with Crippen molar-refractivity contribution in [1.82, 2.24) is 9.80 Å². The summed E-state index contributed by atoms with van der Waals surface area (Å²) < 4.78 is 5.54. The van der Waals surface area contributed by atoms with Crippen LogP contribution in [0.15, 0.2) is 48.5 Å². The molecule has 2 atom stereocenters. The minimum Gasteiger partial charge on any atom is -0.465 e. The molecule has 3 amide bonds.